The highest BCUT2D eigenvalue weighted by Gasteiger charge is 2.29. The first-order chi connectivity index (χ1) is 30.9. The molecule has 0 heterocycles. The van der Waals surface area contributed by atoms with Crippen LogP contribution in [0, 0.1) is 10.1 Å². The maximum atomic E-state index is 12.9. The van der Waals surface area contributed by atoms with E-state index in [0.717, 1.165) is 54.6 Å². The zero-order valence-electron chi connectivity index (χ0n) is 32.2. The fraction of sp³-hybridized carbons (Fsp3) is 0. The predicted octanol–water partition coefficient (Wildman–Crippen LogP) is 5.31. The van der Waals surface area contributed by atoms with E-state index in [1.54, 1.807) is 0 Å². The Hall–Kier alpha value is -7.54. The number of carbonyl (C=O) groups excluding carboxylic acids is 1. The second kappa shape index (κ2) is 17.4. The Labute approximate surface area is 373 Å². The third-order valence-corrected chi connectivity index (χ3v) is 13.4. The van der Waals surface area contributed by atoms with E-state index in [9.17, 15) is 85.4 Å². The van der Waals surface area contributed by atoms with Crippen molar-refractivity contribution in [1.29, 1.82) is 0 Å². The number of hydrogen-bond donors (Lipinski definition) is 8. The molecule has 0 radical (unpaired) electrons. The van der Waals surface area contributed by atoms with E-state index >= 15 is 0 Å². The van der Waals surface area contributed by atoms with Crippen LogP contribution < -0.4 is 15.6 Å². The van der Waals surface area contributed by atoms with Gasteiger partial charge in [0.15, 0.2) is 17.2 Å². The number of phenolic OH excluding ortho intramolecular Hbond substituents is 2. The van der Waals surface area contributed by atoms with Crippen LogP contribution in [0.3, 0.4) is 0 Å². The van der Waals surface area contributed by atoms with Crippen molar-refractivity contribution in [3.63, 3.8) is 0 Å². The lowest BCUT2D eigenvalue weighted by atomic mass is 10.1. The number of nitro groups is 1. The second-order valence-electron chi connectivity index (χ2n) is 13.0. The molecule has 0 fully saturated rings. The molecule has 6 rings (SSSR count). The third kappa shape index (κ3) is 10.0. The highest BCUT2D eigenvalue weighted by Crippen LogP contribution is 2.48. The van der Waals surface area contributed by atoms with E-state index < -0.39 is 164 Å². The first-order valence-electron chi connectivity index (χ1n) is 17.0. The Morgan fingerprint density at radius 2 is 1.10 bits per heavy atom. The van der Waals surface area contributed by atoms with Crippen LogP contribution in [0.1, 0.15) is 0 Å². The number of anilines is 1. The number of phenols is 2. The number of carbonyl (C=O) groups is 1. The Balaban J connectivity index is 1.53. The van der Waals surface area contributed by atoms with Crippen molar-refractivity contribution in [3.8, 4) is 17.2 Å². The van der Waals surface area contributed by atoms with Gasteiger partial charge in [0, 0.05) is 34.4 Å². The third-order valence-electron chi connectivity index (χ3n) is 8.87. The smallest absolute Gasteiger partial charge is 0.298 e. The normalized spacial score (nSPS) is 13.0. The van der Waals surface area contributed by atoms with Gasteiger partial charge in [-0.15, -0.1) is 30.7 Å². The molecule has 10 N–H and O–H groups in total. The standard InChI is InChI=1S/C33H23N9O20S5/c34-29-23(12-25(64(50,51)52)17-4-7-21(32(45)28(17)29)38-37-20-5-1-14(42(46)47)9-26(20)65(53,54)55)40-39-22-8-3-16-18(33(22)67(59,60)61)11-27(66(56,57)58)30(31(16)44)41-36-19-6-2-15(63(35,48)49)10-24(19)62-13-43/h1-13,44-45H,34H2,(H2,35,48,49)(H,50,51,52)(H,53,54,55)(H,56,57,58)(H,59,60,61). The Morgan fingerprint density at radius 1 is 0.567 bits per heavy atom. The summed E-state index contributed by atoms with van der Waals surface area (Å²) in [5, 5.41) is 57.9. The van der Waals surface area contributed by atoms with Crippen molar-refractivity contribution < 1.29 is 85.0 Å². The van der Waals surface area contributed by atoms with Crippen LogP contribution in [-0.4, -0.2) is 81.9 Å². The maximum absolute atomic E-state index is 12.9. The molecule has 350 valence electrons. The quantitative estimate of drug-likeness (QED) is 0.0171. The molecule has 0 saturated heterocycles. The maximum Gasteiger partial charge on any atom is 0.298 e. The van der Waals surface area contributed by atoms with Gasteiger partial charge < -0.3 is 20.7 Å². The first-order valence-corrected chi connectivity index (χ1v) is 24.4. The molecular formula is C33H23N9O20S5. The van der Waals surface area contributed by atoms with Gasteiger partial charge in [-0.05, 0) is 48.5 Å². The summed E-state index contributed by atoms with van der Waals surface area (Å²) in [7, 11) is -25.9. The van der Waals surface area contributed by atoms with E-state index in [4.69, 9.17) is 10.9 Å². The number of azo groups is 3. The number of primary sulfonamides is 1. The van der Waals surface area contributed by atoms with E-state index in [2.05, 4.69) is 35.4 Å². The fourth-order valence-electron chi connectivity index (χ4n) is 5.99. The minimum Gasteiger partial charge on any atom is -0.505 e. The average molecular weight is 1030 g/mol. The monoisotopic (exact) mass is 1020 g/mol. The van der Waals surface area contributed by atoms with Crippen LogP contribution in [0.5, 0.6) is 17.2 Å². The molecule has 0 aliphatic carbocycles. The number of sulfonamides is 1. The summed E-state index contributed by atoms with van der Waals surface area (Å²) < 4.78 is 168. The lowest BCUT2D eigenvalue weighted by Gasteiger charge is -2.13. The largest absolute Gasteiger partial charge is 0.505 e. The van der Waals surface area contributed by atoms with Gasteiger partial charge in [0.05, 0.1) is 20.9 Å². The number of nitro benzene ring substituents is 1. The summed E-state index contributed by atoms with van der Waals surface area (Å²) in [6, 6.07) is 8.95. The number of ether oxygens (including phenoxy) is 1. The van der Waals surface area contributed by atoms with E-state index in [0.29, 0.717) is 18.2 Å². The highest BCUT2D eigenvalue weighted by molar-refractivity contribution is 7.89. The molecule has 0 aromatic heterocycles. The van der Waals surface area contributed by atoms with Crippen LogP contribution in [-0.2, 0) is 55.3 Å². The number of fused-ring (bicyclic) bond motifs is 2. The van der Waals surface area contributed by atoms with Gasteiger partial charge in [-0.1, -0.05) is 6.07 Å². The molecule has 0 saturated carbocycles. The van der Waals surface area contributed by atoms with Gasteiger partial charge in [0.1, 0.15) is 53.7 Å². The highest BCUT2D eigenvalue weighted by atomic mass is 32.2. The van der Waals surface area contributed by atoms with Crippen molar-refractivity contribution in [2.45, 2.75) is 24.5 Å². The molecular weight excluding hydrogens is 1000 g/mol. The van der Waals surface area contributed by atoms with Crippen molar-refractivity contribution in [2.24, 2.45) is 35.8 Å². The van der Waals surface area contributed by atoms with E-state index in [1.165, 1.54) is 0 Å². The molecule has 6 aromatic rings. The van der Waals surface area contributed by atoms with Gasteiger partial charge in [-0.2, -0.15) is 33.7 Å². The number of hydrogen-bond acceptors (Lipinski definition) is 23. The average Bonchev–Trinajstić information content (AvgIpc) is 3.20. The summed E-state index contributed by atoms with van der Waals surface area (Å²) in [6.45, 7) is -0.152. The Morgan fingerprint density at radius 3 is 1.69 bits per heavy atom. The summed E-state index contributed by atoms with van der Waals surface area (Å²) in [6.07, 6.45) is 0. The predicted molar refractivity (Wildman–Crippen MR) is 225 cm³/mol. The van der Waals surface area contributed by atoms with Crippen molar-refractivity contribution in [2.75, 3.05) is 5.73 Å². The number of nitrogen functional groups attached to an aromatic ring is 1. The topological polar surface area (TPSA) is 488 Å². The molecule has 34 heteroatoms. The number of nitrogens with two attached hydrogens (primary N) is 2. The lowest BCUT2D eigenvalue weighted by molar-refractivity contribution is -0.385. The summed E-state index contributed by atoms with van der Waals surface area (Å²) in [4.78, 5) is 15.9. The van der Waals surface area contributed by atoms with Crippen LogP contribution in [0.25, 0.3) is 21.5 Å². The van der Waals surface area contributed by atoms with Gasteiger partial charge in [-0.3, -0.25) is 33.1 Å². The zero-order valence-corrected chi connectivity index (χ0v) is 36.3. The lowest BCUT2D eigenvalue weighted by Crippen LogP contribution is -2.12. The van der Waals surface area contributed by atoms with Crippen molar-refractivity contribution >= 4 is 124 Å². The SMILES string of the molecule is Nc1c(N=Nc2ccc3c(O)c(N=Nc4ccc(S(N)(=O)=O)cc4OC=O)c(S(=O)(=O)O)cc3c2S(=O)(=O)O)cc(S(=O)(=O)O)c2ccc(N=Nc3ccc([N+](=O)[O-])cc3S(=O)(=O)O)c(O)c12. The van der Waals surface area contributed by atoms with Gasteiger partial charge >= 0.3 is 0 Å². The molecule has 67 heavy (non-hydrogen) atoms. The second-order valence-corrected chi connectivity index (χ2v) is 20.1. The van der Waals surface area contributed by atoms with Crippen molar-refractivity contribution in [3.05, 3.63) is 82.9 Å². The number of rotatable bonds is 14. The Bertz CT molecular complexity index is 3850. The fourth-order valence-corrected chi connectivity index (χ4v) is 9.34. The number of non-ortho nitro benzene ring substituents is 1. The molecule has 0 atom stereocenters. The molecule has 0 spiro atoms. The van der Waals surface area contributed by atoms with Crippen molar-refractivity contribution in [1.82, 2.24) is 0 Å². The number of benzene rings is 6. The van der Waals surface area contributed by atoms with Gasteiger partial charge in [-0.25, -0.2) is 13.6 Å². The molecule has 0 amide bonds. The molecule has 0 bridgehead atoms. The molecule has 0 unspecified atom stereocenters. The van der Waals surface area contributed by atoms with Crippen LogP contribution in [0.4, 0.5) is 45.5 Å². The number of aromatic hydroxyl groups is 2. The van der Waals surface area contributed by atoms with Crippen LogP contribution >= 0.6 is 0 Å². The van der Waals surface area contributed by atoms with Gasteiger partial charge in [0.25, 0.3) is 52.6 Å². The van der Waals surface area contributed by atoms with Gasteiger partial charge in [0.2, 0.25) is 10.0 Å². The van der Waals surface area contributed by atoms with Crippen LogP contribution in [0.2, 0.25) is 0 Å². The van der Waals surface area contributed by atoms with E-state index in [-0.39, 0.29) is 6.47 Å². The Kier molecular flexibility index (Phi) is 12.7. The molecule has 29 nitrogen and oxygen atoms in total. The zero-order chi connectivity index (χ0) is 49.8. The molecule has 0 aliphatic rings. The summed E-state index contributed by atoms with van der Waals surface area (Å²) in [5.41, 5.74) is 0.219. The molecule has 6 aromatic carbocycles. The summed E-state index contributed by atoms with van der Waals surface area (Å²) in [5.74, 6) is -2.87. The van der Waals surface area contributed by atoms with E-state index in [1.807, 2.05) is 0 Å². The first kappa shape index (κ1) is 48.9. The minimum atomic E-state index is -5.60. The number of nitrogens with zero attached hydrogens (tertiary/aromatic N) is 7. The van der Waals surface area contributed by atoms with Crippen LogP contribution in [0.15, 0.2) is 128 Å². The molecule has 0 aliphatic heterocycles. The summed E-state index contributed by atoms with van der Waals surface area (Å²) >= 11 is 0. The minimum absolute atomic E-state index is 0.152.